The number of ether oxygens (including phenoxy) is 2. The molecule has 0 bridgehead atoms. The number of ketones is 1. The summed E-state index contributed by atoms with van der Waals surface area (Å²) in [7, 11) is 3.15. The maximum atomic E-state index is 15.0. The maximum Gasteiger partial charge on any atom is 0.185 e. The summed E-state index contributed by atoms with van der Waals surface area (Å²) in [5, 5.41) is 4.88. The molecule has 0 unspecified atom stereocenters. The van der Waals surface area contributed by atoms with Crippen LogP contribution >= 0.6 is 0 Å². The highest BCUT2D eigenvalue weighted by Gasteiger charge is 2.24. The van der Waals surface area contributed by atoms with E-state index in [4.69, 9.17) is 9.47 Å². The van der Waals surface area contributed by atoms with Crippen LogP contribution in [-0.4, -0.2) is 58.9 Å². The number of hydrogen-bond acceptors (Lipinski definition) is 7. The van der Waals surface area contributed by atoms with Crippen LogP contribution in [0.2, 0.25) is 0 Å². The third kappa shape index (κ3) is 4.32. The fourth-order valence-corrected chi connectivity index (χ4v) is 4.39. The second-order valence-corrected chi connectivity index (χ2v) is 8.21. The van der Waals surface area contributed by atoms with Gasteiger partial charge in [-0.05, 0) is 29.8 Å². The number of morpholine rings is 1. The molecule has 4 aromatic rings. The summed E-state index contributed by atoms with van der Waals surface area (Å²) in [5.74, 6) is -1.12. The lowest BCUT2D eigenvalue weighted by molar-refractivity contribution is 0.0988. The maximum absolute atomic E-state index is 15.0. The third-order valence-corrected chi connectivity index (χ3v) is 5.95. The lowest BCUT2D eigenvalue weighted by atomic mass is 10.0. The topological polar surface area (TPSA) is 82.4 Å². The molecule has 2 aromatic heterocycles. The number of fused-ring (bicyclic) bond motifs is 1. The predicted molar refractivity (Wildman–Crippen MR) is 126 cm³/mol. The minimum absolute atomic E-state index is 0.0353. The molecule has 0 atom stereocenters. The van der Waals surface area contributed by atoms with Gasteiger partial charge in [0.25, 0.3) is 0 Å². The Morgan fingerprint density at radius 1 is 1.17 bits per heavy atom. The van der Waals surface area contributed by atoms with E-state index in [9.17, 15) is 13.6 Å². The zero-order valence-corrected chi connectivity index (χ0v) is 19.3. The Kier molecular flexibility index (Phi) is 6.12. The van der Waals surface area contributed by atoms with Crippen molar-refractivity contribution < 1.29 is 23.0 Å². The number of aryl methyl sites for hydroxylation is 1. The number of nitrogens with zero attached hydrogens (tertiary/aromatic N) is 5. The molecule has 1 fully saturated rings. The Morgan fingerprint density at radius 2 is 1.97 bits per heavy atom. The van der Waals surface area contributed by atoms with E-state index in [1.165, 1.54) is 37.6 Å². The molecular weight excluding hydrogens is 456 g/mol. The molecule has 0 aliphatic carbocycles. The van der Waals surface area contributed by atoms with E-state index >= 15 is 0 Å². The molecule has 5 rings (SSSR count). The number of hydrogen-bond donors (Lipinski definition) is 0. The van der Waals surface area contributed by atoms with Gasteiger partial charge >= 0.3 is 0 Å². The lowest BCUT2D eigenvalue weighted by Gasteiger charge is -2.31. The molecule has 2 aromatic carbocycles. The van der Waals surface area contributed by atoms with Crippen LogP contribution in [0.3, 0.4) is 0 Å². The lowest BCUT2D eigenvalue weighted by Crippen LogP contribution is -2.37. The summed E-state index contributed by atoms with van der Waals surface area (Å²) in [4.78, 5) is 23.9. The van der Waals surface area contributed by atoms with Crippen molar-refractivity contribution in [3.8, 4) is 17.1 Å². The van der Waals surface area contributed by atoms with Gasteiger partial charge in [0.2, 0.25) is 0 Å². The number of rotatable bonds is 6. The van der Waals surface area contributed by atoms with Gasteiger partial charge in [0, 0.05) is 44.3 Å². The van der Waals surface area contributed by atoms with E-state index in [0.717, 1.165) is 5.69 Å². The van der Waals surface area contributed by atoms with Crippen LogP contribution in [0.25, 0.3) is 22.3 Å². The van der Waals surface area contributed by atoms with Crippen molar-refractivity contribution in [2.45, 2.75) is 6.42 Å². The first kappa shape index (κ1) is 22.9. The van der Waals surface area contributed by atoms with Gasteiger partial charge in [-0.1, -0.05) is 6.07 Å². The Morgan fingerprint density at radius 3 is 2.74 bits per heavy atom. The molecule has 10 heteroatoms. The Hall–Kier alpha value is -3.92. The van der Waals surface area contributed by atoms with E-state index in [0.29, 0.717) is 37.3 Å². The summed E-state index contributed by atoms with van der Waals surface area (Å²) < 4.78 is 41.8. The second-order valence-electron chi connectivity index (χ2n) is 8.21. The minimum Gasteiger partial charge on any atom is -0.496 e. The molecule has 8 nitrogen and oxygen atoms in total. The normalized spacial score (nSPS) is 13.9. The average Bonchev–Trinajstić information content (AvgIpc) is 3.26. The summed E-state index contributed by atoms with van der Waals surface area (Å²) in [6.45, 7) is 2.29. The van der Waals surface area contributed by atoms with Crippen molar-refractivity contribution in [3.05, 3.63) is 65.6 Å². The summed E-state index contributed by atoms with van der Waals surface area (Å²) >= 11 is 0. The van der Waals surface area contributed by atoms with Crippen molar-refractivity contribution in [1.29, 1.82) is 0 Å². The van der Waals surface area contributed by atoms with Gasteiger partial charge in [-0.2, -0.15) is 5.10 Å². The average molecular weight is 479 g/mol. The highest BCUT2D eigenvalue weighted by Crippen LogP contribution is 2.34. The molecular formula is C25H23F2N5O3. The van der Waals surface area contributed by atoms with Gasteiger partial charge in [-0.3, -0.25) is 9.48 Å². The fraction of sp³-hybridized carbons (Fsp3) is 0.280. The first-order valence-electron chi connectivity index (χ1n) is 11.1. The van der Waals surface area contributed by atoms with Crippen LogP contribution in [0.5, 0.6) is 5.75 Å². The summed E-state index contributed by atoms with van der Waals surface area (Å²) in [5.41, 5.74) is 1.71. The van der Waals surface area contributed by atoms with Crippen molar-refractivity contribution in [3.63, 3.8) is 0 Å². The van der Waals surface area contributed by atoms with E-state index < -0.39 is 11.6 Å². The molecule has 1 aliphatic rings. The Bertz CT molecular complexity index is 1420. The third-order valence-electron chi connectivity index (χ3n) is 5.95. The fourth-order valence-electron chi connectivity index (χ4n) is 4.39. The summed E-state index contributed by atoms with van der Waals surface area (Å²) in [6.07, 6.45) is 3.05. The van der Waals surface area contributed by atoms with E-state index in [1.807, 2.05) is 0 Å². The summed E-state index contributed by atoms with van der Waals surface area (Å²) in [6, 6.07) is 7.21. The first-order valence-corrected chi connectivity index (χ1v) is 11.1. The molecule has 0 saturated carbocycles. The van der Waals surface area contributed by atoms with Crippen molar-refractivity contribution in [2.24, 2.45) is 7.05 Å². The number of carbonyl (C=O) groups is 1. The molecule has 180 valence electrons. The van der Waals surface area contributed by atoms with Crippen LogP contribution < -0.4 is 9.64 Å². The van der Waals surface area contributed by atoms with Crippen molar-refractivity contribution >= 4 is 22.4 Å². The SMILES string of the molecule is COc1cccc(F)c1-c1nccc(C(=O)Cc2cc(F)c3nn(C)cc3c2N2CCOCC2)n1. The number of benzene rings is 2. The number of Topliss-reactive ketones (excluding diaryl/α,β-unsaturated/α-hetero) is 1. The van der Waals surface area contributed by atoms with E-state index in [1.54, 1.807) is 24.0 Å². The second kappa shape index (κ2) is 9.38. The largest absolute Gasteiger partial charge is 0.496 e. The zero-order chi connectivity index (χ0) is 24.5. The van der Waals surface area contributed by atoms with Crippen molar-refractivity contribution in [1.82, 2.24) is 19.7 Å². The number of anilines is 1. The van der Waals surface area contributed by atoms with Gasteiger partial charge < -0.3 is 14.4 Å². The highest BCUT2D eigenvalue weighted by molar-refractivity contribution is 6.00. The first-order chi connectivity index (χ1) is 17.0. The van der Waals surface area contributed by atoms with Crippen LogP contribution in [0.15, 0.2) is 42.7 Å². The molecule has 1 aliphatic heterocycles. The van der Waals surface area contributed by atoms with E-state index in [-0.39, 0.29) is 40.6 Å². The van der Waals surface area contributed by atoms with Gasteiger partial charge in [0.05, 0.1) is 31.6 Å². The number of carbonyl (C=O) groups excluding carboxylic acids is 1. The van der Waals surface area contributed by atoms with Crippen LogP contribution in [0.1, 0.15) is 16.1 Å². The molecule has 1 saturated heterocycles. The number of aromatic nitrogens is 4. The van der Waals surface area contributed by atoms with E-state index in [2.05, 4.69) is 20.0 Å². The van der Waals surface area contributed by atoms with Gasteiger partial charge in [0.1, 0.15) is 22.8 Å². The van der Waals surface area contributed by atoms with Gasteiger partial charge in [-0.25, -0.2) is 18.7 Å². The smallest absolute Gasteiger partial charge is 0.185 e. The predicted octanol–water partition coefficient (Wildman–Crippen LogP) is 3.58. The molecule has 0 amide bonds. The van der Waals surface area contributed by atoms with Crippen LogP contribution in [-0.2, 0) is 18.2 Å². The number of methoxy groups -OCH3 is 1. The minimum atomic E-state index is -0.562. The molecule has 0 N–H and O–H groups in total. The standard InChI is InChI=1S/C25H23F2N5O3/c1-31-14-16-23(30-31)18(27)12-15(24(16)32-8-10-35-11-9-32)13-20(33)19-6-7-28-25(29-19)22-17(26)4-3-5-21(22)34-2/h3-7,12,14H,8-11,13H2,1-2H3. The van der Waals surface area contributed by atoms with Gasteiger partial charge in [0.15, 0.2) is 17.4 Å². The quantitative estimate of drug-likeness (QED) is 0.391. The molecule has 3 heterocycles. The highest BCUT2D eigenvalue weighted by atomic mass is 19.1. The molecule has 35 heavy (non-hydrogen) atoms. The zero-order valence-electron chi connectivity index (χ0n) is 19.3. The Labute approximate surface area is 200 Å². The molecule has 0 radical (unpaired) electrons. The number of halogens is 2. The Balaban J connectivity index is 1.54. The monoisotopic (exact) mass is 479 g/mol. The molecule has 0 spiro atoms. The van der Waals surface area contributed by atoms with Crippen LogP contribution in [0.4, 0.5) is 14.5 Å². The van der Waals surface area contributed by atoms with Crippen molar-refractivity contribution in [2.75, 3.05) is 38.3 Å². The van der Waals surface area contributed by atoms with Gasteiger partial charge in [-0.15, -0.1) is 0 Å². The van der Waals surface area contributed by atoms with Crippen LogP contribution in [0, 0.1) is 11.6 Å².